The summed E-state index contributed by atoms with van der Waals surface area (Å²) < 4.78 is 4.67. The molecule has 0 aliphatic heterocycles. The molecule has 7 heteroatoms. The highest BCUT2D eigenvalue weighted by molar-refractivity contribution is 9.10. The van der Waals surface area contributed by atoms with E-state index in [9.17, 15) is 14.7 Å². The highest BCUT2D eigenvalue weighted by Crippen LogP contribution is 2.29. The van der Waals surface area contributed by atoms with Crippen LogP contribution in [-0.4, -0.2) is 28.4 Å². The molecule has 0 radical (unpaired) electrons. The van der Waals surface area contributed by atoms with Crippen LogP contribution in [0.25, 0.3) is 0 Å². The summed E-state index contributed by atoms with van der Waals surface area (Å²) in [6.07, 6.45) is 0. The summed E-state index contributed by atoms with van der Waals surface area (Å²) in [5, 5.41) is 9.54. The first-order chi connectivity index (χ1) is 9.43. The fourth-order valence-electron chi connectivity index (χ4n) is 1.74. The predicted molar refractivity (Wildman–Crippen MR) is 80.7 cm³/mol. The Hall–Kier alpha value is -1.73. The van der Waals surface area contributed by atoms with E-state index in [1.165, 1.54) is 4.90 Å². The molecule has 1 aromatic carbocycles. The number of hydrogen-bond donors (Lipinski definition) is 1. The molecule has 0 spiro atoms. The Kier molecular flexibility index (Phi) is 4.20. The van der Waals surface area contributed by atoms with Gasteiger partial charge in [0, 0.05) is 11.5 Å². The lowest BCUT2D eigenvalue weighted by Gasteiger charge is -2.16. The Labute approximate surface area is 128 Å². The summed E-state index contributed by atoms with van der Waals surface area (Å²) in [6.45, 7) is 1.61. The van der Waals surface area contributed by atoms with Crippen molar-refractivity contribution in [2.24, 2.45) is 0 Å². The maximum Gasteiger partial charge on any atom is 0.340 e. The van der Waals surface area contributed by atoms with Gasteiger partial charge in [-0.15, -0.1) is 0 Å². The van der Waals surface area contributed by atoms with Crippen molar-refractivity contribution < 1.29 is 14.7 Å². The van der Waals surface area contributed by atoms with Gasteiger partial charge in [0.25, 0.3) is 5.91 Å². The van der Waals surface area contributed by atoms with Crippen LogP contribution >= 0.6 is 27.5 Å². The molecular formula is C13H11BrN2O3S. The maximum absolute atomic E-state index is 12.4. The van der Waals surface area contributed by atoms with Gasteiger partial charge in [0.05, 0.1) is 11.3 Å². The van der Waals surface area contributed by atoms with E-state index >= 15 is 0 Å². The average Bonchev–Trinajstić information content (AvgIpc) is 2.79. The van der Waals surface area contributed by atoms with Crippen molar-refractivity contribution in [1.29, 1.82) is 0 Å². The maximum atomic E-state index is 12.4. The fourth-order valence-corrected chi connectivity index (χ4v) is 3.04. The first-order valence-corrected chi connectivity index (χ1v) is 7.22. The van der Waals surface area contributed by atoms with Gasteiger partial charge < -0.3 is 10.0 Å². The van der Waals surface area contributed by atoms with Gasteiger partial charge in [0.15, 0.2) is 0 Å². The molecule has 0 saturated heterocycles. The number of halogens is 1. The van der Waals surface area contributed by atoms with Crippen molar-refractivity contribution in [2.45, 2.75) is 6.92 Å². The van der Waals surface area contributed by atoms with Crippen molar-refractivity contribution >= 4 is 44.3 Å². The van der Waals surface area contributed by atoms with Crippen LogP contribution in [0.2, 0.25) is 0 Å². The number of hydrogen-bond acceptors (Lipinski definition) is 4. The van der Waals surface area contributed by atoms with E-state index in [0.29, 0.717) is 20.7 Å². The monoisotopic (exact) mass is 354 g/mol. The third-order valence-corrected chi connectivity index (χ3v) is 4.48. The highest BCUT2D eigenvalue weighted by atomic mass is 79.9. The van der Waals surface area contributed by atoms with E-state index in [0.717, 1.165) is 11.5 Å². The Balaban J connectivity index is 2.42. The third-order valence-electron chi connectivity index (χ3n) is 2.77. The number of nitrogens with zero attached hydrogens (tertiary/aromatic N) is 2. The number of carbonyl (C=O) groups is 2. The second-order valence-corrected chi connectivity index (χ2v) is 5.70. The largest absolute Gasteiger partial charge is 0.478 e. The zero-order valence-corrected chi connectivity index (χ0v) is 13.2. The van der Waals surface area contributed by atoms with Crippen LogP contribution in [0.5, 0.6) is 0 Å². The summed E-state index contributed by atoms with van der Waals surface area (Å²) in [6, 6.07) is 7.00. The molecule has 1 heterocycles. The van der Waals surface area contributed by atoms with Gasteiger partial charge in [-0.2, -0.15) is 4.37 Å². The van der Waals surface area contributed by atoms with Gasteiger partial charge in [0.1, 0.15) is 10.6 Å². The van der Waals surface area contributed by atoms with Crippen molar-refractivity contribution in [2.75, 3.05) is 11.9 Å². The van der Waals surface area contributed by atoms with Gasteiger partial charge in [-0.05, 0) is 46.5 Å². The Morgan fingerprint density at radius 3 is 2.60 bits per heavy atom. The lowest BCUT2D eigenvalue weighted by molar-refractivity contribution is 0.0697. The Morgan fingerprint density at radius 2 is 2.00 bits per heavy atom. The molecule has 2 aromatic rings. The van der Waals surface area contributed by atoms with Crippen LogP contribution in [0, 0.1) is 6.92 Å². The third kappa shape index (κ3) is 2.59. The summed E-state index contributed by atoms with van der Waals surface area (Å²) in [7, 11) is 1.54. The molecule has 20 heavy (non-hydrogen) atoms. The number of benzene rings is 1. The molecule has 104 valence electrons. The number of rotatable bonds is 3. The first kappa shape index (κ1) is 14.7. The van der Waals surface area contributed by atoms with Crippen LogP contribution in [0.4, 0.5) is 5.00 Å². The Morgan fingerprint density at radius 1 is 1.35 bits per heavy atom. The fraction of sp³-hybridized carbons (Fsp3) is 0.154. The van der Waals surface area contributed by atoms with E-state index in [2.05, 4.69) is 20.3 Å². The number of carboxylic acids is 1. The number of carboxylic acid groups (broad SMARTS) is 1. The number of aromatic nitrogens is 1. The molecule has 0 unspecified atom stereocenters. The molecule has 0 saturated carbocycles. The van der Waals surface area contributed by atoms with E-state index < -0.39 is 5.97 Å². The van der Waals surface area contributed by atoms with Crippen molar-refractivity contribution in [3.63, 3.8) is 0 Å². The van der Waals surface area contributed by atoms with Crippen LogP contribution in [0.1, 0.15) is 26.4 Å². The predicted octanol–water partition coefficient (Wildman–Crippen LogP) is 3.19. The number of amides is 1. The standard InChI is InChI=1S/C13H11BrN2O3S/c1-7-10(13(18)19)12(20-15-7)16(2)11(17)8-5-3-4-6-9(8)14/h3-6H,1-2H3,(H,18,19). The second kappa shape index (κ2) is 5.72. The minimum Gasteiger partial charge on any atom is -0.478 e. The molecule has 2 rings (SSSR count). The van der Waals surface area contributed by atoms with E-state index in [1.807, 2.05) is 0 Å². The second-order valence-electron chi connectivity index (χ2n) is 4.10. The minimum atomic E-state index is -1.09. The molecule has 0 aliphatic rings. The van der Waals surface area contributed by atoms with Crippen molar-refractivity contribution in [3.05, 3.63) is 45.6 Å². The van der Waals surface area contributed by atoms with Gasteiger partial charge in [0.2, 0.25) is 0 Å². The number of aryl methyl sites for hydroxylation is 1. The lowest BCUT2D eigenvalue weighted by atomic mass is 10.2. The smallest absolute Gasteiger partial charge is 0.340 e. The highest BCUT2D eigenvalue weighted by Gasteiger charge is 2.25. The van der Waals surface area contributed by atoms with Gasteiger partial charge in [-0.1, -0.05) is 12.1 Å². The number of carbonyl (C=O) groups excluding carboxylic acids is 1. The van der Waals surface area contributed by atoms with Crippen molar-refractivity contribution in [3.8, 4) is 0 Å². The van der Waals surface area contributed by atoms with Crippen LogP contribution in [0.15, 0.2) is 28.7 Å². The van der Waals surface area contributed by atoms with E-state index in [1.54, 1.807) is 38.2 Å². The topological polar surface area (TPSA) is 70.5 Å². The minimum absolute atomic E-state index is 0.0675. The molecule has 0 bridgehead atoms. The zero-order chi connectivity index (χ0) is 14.9. The molecule has 0 atom stereocenters. The number of aromatic carboxylic acids is 1. The summed E-state index contributed by atoms with van der Waals surface area (Å²) in [4.78, 5) is 25.0. The molecule has 1 amide bonds. The van der Waals surface area contributed by atoms with Crippen molar-refractivity contribution in [1.82, 2.24) is 4.37 Å². The lowest BCUT2D eigenvalue weighted by Crippen LogP contribution is -2.27. The Bertz CT molecular complexity index is 684. The van der Waals surface area contributed by atoms with E-state index in [4.69, 9.17) is 0 Å². The van der Waals surface area contributed by atoms with Gasteiger partial charge in [-0.25, -0.2) is 4.79 Å². The van der Waals surface area contributed by atoms with Crippen LogP contribution in [0.3, 0.4) is 0 Å². The first-order valence-electron chi connectivity index (χ1n) is 5.65. The zero-order valence-electron chi connectivity index (χ0n) is 10.8. The van der Waals surface area contributed by atoms with Crippen LogP contribution < -0.4 is 4.90 Å². The quantitative estimate of drug-likeness (QED) is 0.918. The summed E-state index contributed by atoms with van der Waals surface area (Å²) in [5.41, 5.74) is 0.944. The molecule has 0 aliphatic carbocycles. The van der Waals surface area contributed by atoms with Gasteiger partial charge >= 0.3 is 5.97 Å². The summed E-state index contributed by atoms with van der Waals surface area (Å²) in [5.74, 6) is -1.37. The van der Waals surface area contributed by atoms with E-state index in [-0.39, 0.29) is 11.5 Å². The summed E-state index contributed by atoms with van der Waals surface area (Å²) >= 11 is 4.31. The molecule has 5 nitrogen and oxygen atoms in total. The molecule has 0 fully saturated rings. The SMILES string of the molecule is Cc1nsc(N(C)C(=O)c2ccccc2Br)c1C(=O)O. The average molecular weight is 355 g/mol. The van der Waals surface area contributed by atoms with Crippen LogP contribution in [-0.2, 0) is 0 Å². The number of anilines is 1. The molecule has 1 aromatic heterocycles. The molecule has 1 N–H and O–H groups in total. The van der Waals surface area contributed by atoms with Gasteiger partial charge in [-0.3, -0.25) is 4.79 Å². The molecular weight excluding hydrogens is 344 g/mol. The normalized spacial score (nSPS) is 10.3.